The van der Waals surface area contributed by atoms with Crippen LogP contribution in [0.3, 0.4) is 0 Å². The van der Waals surface area contributed by atoms with Gasteiger partial charge in [-0.05, 0) is 48.2 Å². The van der Waals surface area contributed by atoms with Gasteiger partial charge in [-0.2, -0.15) is 0 Å². The van der Waals surface area contributed by atoms with Gasteiger partial charge in [-0.15, -0.1) is 0 Å². The van der Waals surface area contributed by atoms with Crippen LogP contribution < -0.4 is 0 Å². The standard InChI is InChI=1S/C18H14ClNO2/c19-14-5-6-16-13(7-14)10-17(18(21)22)20(16)15-8-11-3-1-2-4-12(11)9-15/h1-7,10,15H,8-9H2,(H,21,22). The molecule has 0 atom stereocenters. The highest BCUT2D eigenvalue weighted by molar-refractivity contribution is 6.31. The highest BCUT2D eigenvalue weighted by atomic mass is 35.5. The predicted octanol–water partition coefficient (Wildman–Crippen LogP) is 4.33. The van der Waals surface area contributed by atoms with Crippen molar-refractivity contribution in [3.8, 4) is 0 Å². The van der Waals surface area contributed by atoms with Crippen molar-refractivity contribution in [2.24, 2.45) is 0 Å². The number of carboxylic acid groups (broad SMARTS) is 1. The number of hydrogen-bond donors (Lipinski definition) is 1. The molecule has 0 aliphatic heterocycles. The number of nitrogens with zero attached hydrogens (tertiary/aromatic N) is 1. The number of benzene rings is 2. The van der Waals surface area contributed by atoms with Crippen LogP contribution in [0.15, 0.2) is 48.5 Å². The molecule has 3 aromatic rings. The summed E-state index contributed by atoms with van der Waals surface area (Å²) >= 11 is 6.04. The number of carbonyl (C=O) groups is 1. The molecule has 0 spiro atoms. The Kier molecular flexibility index (Phi) is 2.98. The van der Waals surface area contributed by atoms with Gasteiger partial charge in [0.05, 0.1) is 0 Å². The van der Waals surface area contributed by atoms with Gasteiger partial charge in [0.25, 0.3) is 0 Å². The minimum absolute atomic E-state index is 0.141. The van der Waals surface area contributed by atoms with Crippen LogP contribution >= 0.6 is 11.6 Å². The zero-order chi connectivity index (χ0) is 15.3. The van der Waals surface area contributed by atoms with Gasteiger partial charge < -0.3 is 9.67 Å². The van der Waals surface area contributed by atoms with Crippen molar-refractivity contribution in [1.29, 1.82) is 0 Å². The molecule has 1 aliphatic rings. The number of aromatic nitrogens is 1. The summed E-state index contributed by atoms with van der Waals surface area (Å²) in [5.41, 5.74) is 3.87. The van der Waals surface area contributed by atoms with Gasteiger partial charge in [0, 0.05) is 22.0 Å². The topological polar surface area (TPSA) is 42.2 Å². The van der Waals surface area contributed by atoms with Gasteiger partial charge in [-0.3, -0.25) is 0 Å². The van der Waals surface area contributed by atoms with E-state index in [1.807, 2.05) is 34.9 Å². The summed E-state index contributed by atoms with van der Waals surface area (Å²) in [5.74, 6) is -0.900. The molecule has 110 valence electrons. The second kappa shape index (κ2) is 4.89. The normalized spacial score (nSPS) is 14.4. The van der Waals surface area contributed by atoms with Gasteiger partial charge in [-0.25, -0.2) is 4.79 Å². The second-order valence-corrected chi connectivity index (χ2v) is 6.18. The first-order valence-corrected chi connectivity index (χ1v) is 7.62. The summed E-state index contributed by atoms with van der Waals surface area (Å²) < 4.78 is 1.95. The van der Waals surface area contributed by atoms with E-state index in [0.717, 1.165) is 23.7 Å². The summed E-state index contributed by atoms with van der Waals surface area (Å²) in [7, 11) is 0. The number of aromatic carboxylic acids is 1. The van der Waals surface area contributed by atoms with Gasteiger partial charge >= 0.3 is 5.97 Å². The smallest absolute Gasteiger partial charge is 0.352 e. The Bertz CT molecular complexity index is 872. The van der Waals surface area contributed by atoms with Crippen molar-refractivity contribution < 1.29 is 9.90 Å². The molecule has 1 N–H and O–H groups in total. The van der Waals surface area contributed by atoms with Crippen LogP contribution in [-0.4, -0.2) is 15.6 Å². The first kappa shape index (κ1) is 13.4. The Balaban J connectivity index is 1.88. The summed E-state index contributed by atoms with van der Waals surface area (Å²) in [6.45, 7) is 0. The summed E-state index contributed by atoms with van der Waals surface area (Å²) in [4.78, 5) is 11.7. The summed E-state index contributed by atoms with van der Waals surface area (Å²) in [6.07, 6.45) is 1.73. The maximum absolute atomic E-state index is 11.7. The van der Waals surface area contributed by atoms with Crippen LogP contribution in [0.1, 0.15) is 27.7 Å². The lowest BCUT2D eigenvalue weighted by Crippen LogP contribution is -2.15. The van der Waals surface area contributed by atoms with Crippen LogP contribution in [0.2, 0.25) is 5.02 Å². The molecule has 0 bridgehead atoms. The van der Waals surface area contributed by atoms with E-state index in [9.17, 15) is 9.90 Å². The fraction of sp³-hybridized carbons (Fsp3) is 0.167. The maximum atomic E-state index is 11.7. The Hall–Kier alpha value is -2.26. The van der Waals surface area contributed by atoms with Crippen LogP contribution in [0, 0.1) is 0 Å². The van der Waals surface area contributed by atoms with E-state index in [-0.39, 0.29) is 6.04 Å². The average Bonchev–Trinajstić information content (AvgIpc) is 3.06. The van der Waals surface area contributed by atoms with E-state index < -0.39 is 5.97 Å². The quantitative estimate of drug-likeness (QED) is 0.765. The van der Waals surface area contributed by atoms with Gasteiger partial charge in [-0.1, -0.05) is 35.9 Å². The third kappa shape index (κ3) is 2.01. The van der Waals surface area contributed by atoms with E-state index in [0.29, 0.717) is 10.7 Å². The zero-order valence-electron chi connectivity index (χ0n) is 11.8. The molecule has 0 fully saturated rings. The molecule has 1 heterocycles. The van der Waals surface area contributed by atoms with Gasteiger partial charge in [0.1, 0.15) is 5.69 Å². The minimum Gasteiger partial charge on any atom is -0.477 e. The Labute approximate surface area is 132 Å². The predicted molar refractivity (Wildman–Crippen MR) is 86.8 cm³/mol. The molecule has 0 radical (unpaired) electrons. The fourth-order valence-electron chi connectivity index (χ4n) is 3.48. The molecular weight excluding hydrogens is 298 g/mol. The first-order chi connectivity index (χ1) is 10.6. The molecule has 1 aromatic heterocycles. The summed E-state index contributed by atoms with van der Waals surface area (Å²) in [6, 6.07) is 15.7. The van der Waals surface area contributed by atoms with Crippen molar-refractivity contribution in [2.75, 3.05) is 0 Å². The molecule has 0 unspecified atom stereocenters. The maximum Gasteiger partial charge on any atom is 0.352 e. The van der Waals surface area contributed by atoms with Crippen molar-refractivity contribution in [3.05, 3.63) is 70.4 Å². The fourth-order valence-corrected chi connectivity index (χ4v) is 3.66. The van der Waals surface area contributed by atoms with Gasteiger partial charge in [0.2, 0.25) is 0 Å². The van der Waals surface area contributed by atoms with E-state index in [2.05, 4.69) is 12.1 Å². The Morgan fingerprint density at radius 3 is 2.41 bits per heavy atom. The number of rotatable bonds is 2. The number of fused-ring (bicyclic) bond motifs is 2. The lowest BCUT2D eigenvalue weighted by atomic mass is 10.1. The largest absolute Gasteiger partial charge is 0.477 e. The number of halogens is 1. The lowest BCUT2D eigenvalue weighted by molar-refractivity contribution is 0.0683. The Morgan fingerprint density at radius 1 is 1.09 bits per heavy atom. The average molecular weight is 312 g/mol. The number of carboxylic acids is 1. The number of hydrogen-bond acceptors (Lipinski definition) is 1. The first-order valence-electron chi connectivity index (χ1n) is 7.24. The van der Waals surface area contributed by atoms with Crippen LogP contribution in [0.25, 0.3) is 10.9 Å². The third-order valence-corrected chi connectivity index (χ3v) is 4.65. The molecular formula is C18H14ClNO2. The molecule has 2 aromatic carbocycles. The Morgan fingerprint density at radius 2 is 1.77 bits per heavy atom. The highest BCUT2D eigenvalue weighted by Gasteiger charge is 2.27. The van der Waals surface area contributed by atoms with Crippen LogP contribution in [0.5, 0.6) is 0 Å². The molecule has 3 nitrogen and oxygen atoms in total. The van der Waals surface area contributed by atoms with Crippen LogP contribution in [0.4, 0.5) is 0 Å². The van der Waals surface area contributed by atoms with Crippen molar-refractivity contribution in [3.63, 3.8) is 0 Å². The zero-order valence-corrected chi connectivity index (χ0v) is 12.5. The monoisotopic (exact) mass is 311 g/mol. The van der Waals surface area contributed by atoms with E-state index in [4.69, 9.17) is 11.6 Å². The SMILES string of the molecule is O=C(O)c1cc2cc(Cl)ccc2n1C1Cc2ccccc2C1. The van der Waals surface area contributed by atoms with E-state index in [1.54, 1.807) is 6.07 Å². The van der Waals surface area contributed by atoms with Crippen molar-refractivity contribution >= 4 is 28.5 Å². The third-order valence-electron chi connectivity index (χ3n) is 4.41. The molecule has 4 rings (SSSR count). The van der Waals surface area contributed by atoms with E-state index >= 15 is 0 Å². The molecule has 1 aliphatic carbocycles. The second-order valence-electron chi connectivity index (χ2n) is 5.74. The van der Waals surface area contributed by atoms with Crippen molar-refractivity contribution in [1.82, 2.24) is 4.57 Å². The van der Waals surface area contributed by atoms with Crippen molar-refractivity contribution in [2.45, 2.75) is 18.9 Å². The van der Waals surface area contributed by atoms with E-state index in [1.165, 1.54) is 11.1 Å². The lowest BCUT2D eigenvalue weighted by Gasteiger charge is -2.16. The molecule has 0 saturated carbocycles. The summed E-state index contributed by atoms with van der Waals surface area (Å²) in [5, 5.41) is 11.1. The highest BCUT2D eigenvalue weighted by Crippen LogP contribution is 2.35. The minimum atomic E-state index is -0.900. The molecule has 0 amide bonds. The molecule has 4 heteroatoms. The van der Waals surface area contributed by atoms with Crippen LogP contribution in [-0.2, 0) is 12.8 Å². The molecule has 22 heavy (non-hydrogen) atoms. The van der Waals surface area contributed by atoms with Gasteiger partial charge in [0.15, 0.2) is 0 Å². The molecule has 0 saturated heterocycles.